The summed E-state index contributed by atoms with van der Waals surface area (Å²) in [5.74, 6) is 0. The molecule has 0 aliphatic carbocycles. The standard InChI is InChI=1S/Ce.4O.V/q+3;4*-2;+5. The van der Waals surface area contributed by atoms with Crippen LogP contribution in [0.25, 0.3) is 0 Å². The minimum Gasteiger partial charge on any atom is -2.00 e. The molecule has 6 heteroatoms. The zero-order chi connectivity index (χ0) is 0. The van der Waals surface area contributed by atoms with Gasteiger partial charge in [0.25, 0.3) is 0 Å². The van der Waals surface area contributed by atoms with Crippen molar-refractivity contribution >= 4 is 0 Å². The van der Waals surface area contributed by atoms with Crippen LogP contribution in [0.5, 0.6) is 0 Å². The van der Waals surface area contributed by atoms with Gasteiger partial charge in [0.2, 0.25) is 0 Å². The van der Waals surface area contributed by atoms with Crippen molar-refractivity contribution in [2.45, 2.75) is 0 Å². The van der Waals surface area contributed by atoms with Crippen LogP contribution in [0.4, 0.5) is 0 Å². The van der Waals surface area contributed by atoms with Crippen molar-refractivity contribution in [1.29, 1.82) is 0 Å². The molecule has 0 aliphatic heterocycles. The van der Waals surface area contributed by atoms with Gasteiger partial charge >= 0.3 is 60.3 Å². The first kappa shape index (κ1) is 111. The zero-order valence-electron chi connectivity index (χ0n) is 2.58. The van der Waals surface area contributed by atoms with Gasteiger partial charge in [0.15, 0.2) is 0 Å². The topological polar surface area (TPSA) is 114 Å². The van der Waals surface area contributed by atoms with Crippen molar-refractivity contribution in [3.8, 4) is 0 Å². The fourth-order valence-electron chi connectivity index (χ4n) is 0. The van der Waals surface area contributed by atoms with Crippen LogP contribution in [0.15, 0.2) is 0 Å². The Morgan fingerprint density at radius 2 is 0.500 bits per heavy atom. The Morgan fingerprint density at radius 1 is 0.500 bits per heavy atom. The molecule has 0 aromatic rings. The third-order valence-corrected chi connectivity index (χ3v) is 0. The van der Waals surface area contributed by atoms with E-state index in [4.69, 9.17) is 0 Å². The van der Waals surface area contributed by atoms with E-state index in [0.29, 0.717) is 0 Å². The number of rotatable bonds is 0. The predicted molar refractivity (Wildman–Crippen MR) is 2.75 cm³/mol. The summed E-state index contributed by atoms with van der Waals surface area (Å²) in [6, 6.07) is 0. The zero-order valence-corrected chi connectivity index (χ0v) is 7.12. The first-order chi connectivity index (χ1) is 0. The molecule has 0 saturated heterocycles. The van der Waals surface area contributed by atoms with Gasteiger partial charge < -0.3 is 21.9 Å². The van der Waals surface area contributed by atoms with Gasteiger partial charge in [-0.2, -0.15) is 0 Å². The summed E-state index contributed by atoms with van der Waals surface area (Å²) in [5.41, 5.74) is 0. The molecule has 0 amide bonds. The van der Waals surface area contributed by atoms with Gasteiger partial charge in [0, 0.05) is 0 Å². The maximum atomic E-state index is 0. The Bertz CT molecular complexity index is 7.51. The average molecular weight is 255 g/mol. The summed E-state index contributed by atoms with van der Waals surface area (Å²) in [6.45, 7) is 0. The molecule has 1 radical (unpaired) electrons. The van der Waals surface area contributed by atoms with Gasteiger partial charge in [0.1, 0.15) is 0 Å². The summed E-state index contributed by atoms with van der Waals surface area (Å²) in [5, 5.41) is 0. The average Bonchev–Trinajstić information content (AvgIpc) is 0. The SMILES string of the molecule is [Ce+3].[O-2].[O-2].[O-2].[O-2].[V+5]. The summed E-state index contributed by atoms with van der Waals surface area (Å²) in [6.07, 6.45) is 0. The van der Waals surface area contributed by atoms with Gasteiger partial charge in [-0.15, -0.1) is 0 Å². The van der Waals surface area contributed by atoms with Crippen LogP contribution in [-0.4, -0.2) is 0 Å². The smallest absolute Gasteiger partial charge is 2.00 e. The number of hydrogen-bond acceptors (Lipinski definition) is 0. The largest absolute Gasteiger partial charge is 5.00 e. The maximum absolute atomic E-state index is 0. The van der Waals surface area contributed by atoms with Gasteiger partial charge in [-0.3, -0.25) is 0 Å². The maximum Gasteiger partial charge on any atom is 5.00 e. The van der Waals surface area contributed by atoms with E-state index in [1.807, 2.05) is 0 Å². The summed E-state index contributed by atoms with van der Waals surface area (Å²) in [7, 11) is 0. The molecule has 0 atom stereocenters. The van der Waals surface area contributed by atoms with Crippen molar-refractivity contribution < 1.29 is 82.2 Å². The Balaban J connectivity index is 0. The Labute approximate surface area is 81.2 Å². The van der Waals surface area contributed by atoms with Crippen LogP contribution in [0.2, 0.25) is 0 Å². The summed E-state index contributed by atoms with van der Waals surface area (Å²) >= 11 is 0. The molecule has 0 aliphatic rings. The molecule has 0 rings (SSSR count). The van der Waals surface area contributed by atoms with Crippen LogP contribution >= 0.6 is 0 Å². The van der Waals surface area contributed by atoms with Gasteiger partial charge in [-0.1, -0.05) is 0 Å². The number of hydrogen-bond donors (Lipinski definition) is 0. The minimum atomic E-state index is 0. The quantitative estimate of drug-likeness (QED) is 0.556. The van der Waals surface area contributed by atoms with Crippen molar-refractivity contribution in [2.24, 2.45) is 0 Å². The first-order valence-corrected chi connectivity index (χ1v) is 0. The van der Waals surface area contributed by atoms with Crippen molar-refractivity contribution in [1.82, 2.24) is 0 Å². The summed E-state index contributed by atoms with van der Waals surface area (Å²) in [4.78, 5) is 0. The van der Waals surface area contributed by atoms with E-state index in [9.17, 15) is 0 Å². The molecule has 0 bridgehead atoms. The van der Waals surface area contributed by atoms with E-state index in [1.54, 1.807) is 0 Å². The van der Waals surface area contributed by atoms with Crippen LogP contribution in [-0.2, 0) is 40.5 Å². The van der Waals surface area contributed by atoms with Crippen LogP contribution in [0.1, 0.15) is 0 Å². The van der Waals surface area contributed by atoms with Crippen LogP contribution < -0.4 is 0 Å². The fourth-order valence-corrected chi connectivity index (χ4v) is 0. The van der Waals surface area contributed by atoms with E-state index in [2.05, 4.69) is 0 Å². The predicted octanol–water partition coefficient (Wildman–Crippen LogP) is -0.478. The van der Waals surface area contributed by atoms with Crippen molar-refractivity contribution in [3.05, 3.63) is 0 Å². The fraction of sp³-hybridized carbons (Fsp3) is 0. The molecule has 0 heterocycles. The minimum absolute atomic E-state index is 0. The summed E-state index contributed by atoms with van der Waals surface area (Å²) < 4.78 is 0. The second-order valence-electron chi connectivity index (χ2n) is 0. The second-order valence-corrected chi connectivity index (χ2v) is 0. The van der Waals surface area contributed by atoms with E-state index in [0.717, 1.165) is 0 Å². The van der Waals surface area contributed by atoms with E-state index in [1.165, 1.54) is 0 Å². The van der Waals surface area contributed by atoms with Crippen molar-refractivity contribution in [2.75, 3.05) is 0 Å². The molecule has 0 aromatic heterocycles. The molecular weight excluding hydrogens is 255 g/mol. The van der Waals surface area contributed by atoms with Gasteiger partial charge in [-0.05, 0) is 0 Å². The van der Waals surface area contributed by atoms with Crippen LogP contribution in [0.3, 0.4) is 0 Å². The molecule has 0 aromatic carbocycles. The molecule has 0 unspecified atom stereocenters. The van der Waals surface area contributed by atoms with E-state index < -0.39 is 0 Å². The Morgan fingerprint density at radius 3 is 0.500 bits per heavy atom. The molecule has 4 nitrogen and oxygen atoms in total. The monoisotopic (exact) mass is 255 g/mol. The molecule has 0 N–H and O–H groups in total. The van der Waals surface area contributed by atoms with Gasteiger partial charge in [-0.25, -0.2) is 0 Å². The van der Waals surface area contributed by atoms with Crippen molar-refractivity contribution in [3.63, 3.8) is 0 Å². The molecule has 33 valence electrons. The Hall–Kier alpha value is 1.80. The normalized spacial score (nSPS) is 0. The van der Waals surface area contributed by atoms with Gasteiger partial charge in [0.05, 0.1) is 0 Å². The van der Waals surface area contributed by atoms with E-state index in [-0.39, 0.29) is 82.2 Å². The molecule has 0 saturated carbocycles. The molecule has 0 spiro atoms. The van der Waals surface area contributed by atoms with E-state index >= 15 is 0 Å². The third kappa shape index (κ3) is 41.2. The Kier molecular flexibility index (Phi) is 1310. The third-order valence-electron chi connectivity index (χ3n) is 0. The second kappa shape index (κ2) is 70.6. The van der Waals surface area contributed by atoms with Crippen LogP contribution in [0, 0.1) is 41.7 Å². The molecule has 6 heavy (non-hydrogen) atoms. The first-order valence-electron chi connectivity index (χ1n) is 0. The molecular formula is CeO4V. The molecule has 0 fully saturated rings.